The summed E-state index contributed by atoms with van der Waals surface area (Å²) in [7, 11) is 1.61. The van der Waals surface area contributed by atoms with Crippen molar-refractivity contribution >= 4 is 27.5 Å². The Labute approximate surface area is 176 Å². The molecule has 1 amide bonds. The highest BCUT2D eigenvalue weighted by Gasteiger charge is 2.11. The highest BCUT2D eigenvalue weighted by Crippen LogP contribution is 2.22. The third-order valence-electron chi connectivity index (χ3n) is 4.42. The minimum Gasteiger partial charge on any atom is -0.457 e. The zero-order valence-corrected chi connectivity index (χ0v) is 17.1. The Morgan fingerprint density at radius 2 is 1.83 bits per heavy atom. The summed E-state index contributed by atoms with van der Waals surface area (Å²) in [4.78, 5) is 17.7. The lowest BCUT2D eigenvalue weighted by molar-refractivity contribution is 0.0997. The van der Waals surface area contributed by atoms with Gasteiger partial charge in [0.15, 0.2) is 4.80 Å². The molecule has 4 rings (SSSR count). The van der Waals surface area contributed by atoms with Crippen LogP contribution in [0.2, 0.25) is 0 Å². The van der Waals surface area contributed by atoms with Crippen molar-refractivity contribution in [1.29, 1.82) is 0 Å². The molecule has 0 unspecified atom stereocenters. The fraction of sp³-hybridized carbons (Fsp3) is 0.130. The van der Waals surface area contributed by atoms with Gasteiger partial charge in [0.05, 0.1) is 16.8 Å². The monoisotopic (exact) mass is 422 g/mol. The predicted molar refractivity (Wildman–Crippen MR) is 115 cm³/mol. The molecule has 0 radical (unpaired) electrons. The Bertz CT molecular complexity index is 1250. The van der Waals surface area contributed by atoms with E-state index in [1.54, 1.807) is 37.4 Å². The third kappa shape index (κ3) is 4.48. The van der Waals surface area contributed by atoms with Gasteiger partial charge in [-0.15, -0.1) is 0 Å². The summed E-state index contributed by atoms with van der Waals surface area (Å²) in [5.41, 5.74) is 1.22. The van der Waals surface area contributed by atoms with E-state index in [1.165, 1.54) is 23.5 Å². The van der Waals surface area contributed by atoms with E-state index < -0.39 is 5.91 Å². The van der Waals surface area contributed by atoms with Gasteiger partial charge in [-0.25, -0.2) is 4.39 Å². The van der Waals surface area contributed by atoms with Crippen molar-refractivity contribution in [2.45, 2.75) is 6.54 Å². The number of benzene rings is 3. The van der Waals surface area contributed by atoms with Crippen LogP contribution in [-0.4, -0.2) is 24.2 Å². The number of nitrogens with zero attached hydrogens (tertiary/aromatic N) is 2. The molecule has 7 heteroatoms. The molecule has 0 bridgehead atoms. The maximum Gasteiger partial charge on any atom is 0.279 e. The largest absolute Gasteiger partial charge is 0.457 e. The zero-order chi connectivity index (χ0) is 20.9. The van der Waals surface area contributed by atoms with Crippen molar-refractivity contribution in [2.24, 2.45) is 4.99 Å². The quantitative estimate of drug-likeness (QED) is 0.438. The number of para-hydroxylation sites is 1. The first-order chi connectivity index (χ1) is 14.6. The number of halogens is 1. The highest BCUT2D eigenvalue weighted by molar-refractivity contribution is 7.16. The van der Waals surface area contributed by atoms with E-state index in [-0.39, 0.29) is 5.82 Å². The Morgan fingerprint density at radius 3 is 2.63 bits per heavy atom. The number of methoxy groups -OCH3 is 1. The molecule has 0 fully saturated rings. The average molecular weight is 422 g/mol. The lowest BCUT2D eigenvalue weighted by atomic mass is 10.2. The first-order valence-electron chi connectivity index (χ1n) is 9.34. The first-order valence-corrected chi connectivity index (χ1v) is 10.2. The second kappa shape index (κ2) is 9.02. The van der Waals surface area contributed by atoms with Gasteiger partial charge in [0.25, 0.3) is 5.91 Å². The summed E-state index contributed by atoms with van der Waals surface area (Å²) in [6, 6.07) is 20.8. The van der Waals surface area contributed by atoms with Crippen LogP contribution in [0.3, 0.4) is 0 Å². The standard InChI is InChI=1S/C23H19FN2O3S/c1-28-13-12-26-20-11-10-17(24)15-21(20)30-23(26)25-22(27)16-6-5-9-19(14-16)29-18-7-3-2-4-8-18/h2-11,14-15H,12-13H2,1H3. The summed E-state index contributed by atoms with van der Waals surface area (Å²) in [6.07, 6.45) is 0. The Hall–Kier alpha value is -3.29. The normalized spacial score (nSPS) is 11.7. The second-order valence-corrected chi connectivity index (χ2v) is 7.51. The molecule has 152 valence electrons. The van der Waals surface area contributed by atoms with Crippen LogP contribution in [0, 0.1) is 5.82 Å². The van der Waals surface area contributed by atoms with Crippen LogP contribution in [-0.2, 0) is 11.3 Å². The Morgan fingerprint density at radius 1 is 1.03 bits per heavy atom. The van der Waals surface area contributed by atoms with Gasteiger partial charge >= 0.3 is 0 Å². The van der Waals surface area contributed by atoms with Crippen LogP contribution in [0.5, 0.6) is 11.5 Å². The number of hydrogen-bond donors (Lipinski definition) is 0. The molecular formula is C23H19FN2O3S. The van der Waals surface area contributed by atoms with Crippen LogP contribution >= 0.6 is 11.3 Å². The smallest absolute Gasteiger partial charge is 0.279 e. The lowest BCUT2D eigenvalue weighted by Gasteiger charge is -2.06. The van der Waals surface area contributed by atoms with Crippen LogP contribution in [0.4, 0.5) is 4.39 Å². The Kier molecular flexibility index (Phi) is 6.02. The lowest BCUT2D eigenvalue weighted by Crippen LogP contribution is -2.19. The minimum atomic E-state index is -0.397. The molecule has 0 spiro atoms. The number of rotatable bonds is 6. The number of carbonyl (C=O) groups is 1. The number of fused-ring (bicyclic) bond motifs is 1. The van der Waals surface area contributed by atoms with Gasteiger partial charge < -0.3 is 14.0 Å². The van der Waals surface area contributed by atoms with Crippen molar-refractivity contribution in [3.63, 3.8) is 0 Å². The van der Waals surface area contributed by atoms with Gasteiger partial charge in [0.1, 0.15) is 17.3 Å². The summed E-state index contributed by atoms with van der Waals surface area (Å²) in [6.45, 7) is 0.955. The highest BCUT2D eigenvalue weighted by atomic mass is 32.1. The van der Waals surface area contributed by atoms with Gasteiger partial charge in [-0.1, -0.05) is 35.6 Å². The van der Waals surface area contributed by atoms with Crippen molar-refractivity contribution in [3.8, 4) is 11.5 Å². The number of thiazole rings is 1. The van der Waals surface area contributed by atoms with Gasteiger partial charge in [0, 0.05) is 19.2 Å². The minimum absolute atomic E-state index is 0.328. The zero-order valence-electron chi connectivity index (χ0n) is 16.2. The maximum absolute atomic E-state index is 13.6. The molecule has 0 atom stereocenters. The molecular weight excluding hydrogens is 403 g/mol. The SMILES string of the molecule is COCCn1c(=NC(=O)c2cccc(Oc3ccccc3)c2)sc2cc(F)ccc21. The molecule has 1 heterocycles. The van der Waals surface area contributed by atoms with Crippen LogP contribution in [0.1, 0.15) is 10.4 Å². The molecule has 0 aliphatic carbocycles. The molecule has 0 aliphatic rings. The van der Waals surface area contributed by atoms with Gasteiger partial charge in [-0.2, -0.15) is 4.99 Å². The number of amides is 1. The summed E-state index contributed by atoms with van der Waals surface area (Å²) >= 11 is 1.27. The first kappa shape index (κ1) is 20.0. The van der Waals surface area contributed by atoms with Crippen LogP contribution in [0.25, 0.3) is 10.2 Å². The second-order valence-electron chi connectivity index (χ2n) is 6.50. The topological polar surface area (TPSA) is 52.8 Å². The van der Waals surface area contributed by atoms with Gasteiger partial charge in [-0.3, -0.25) is 4.79 Å². The van der Waals surface area contributed by atoms with Crippen molar-refractivity contribution in [1.82, 2.24) is 4.57 Å². The molecule has 4 aromatic rings. The van der Waals surface area contributed by atoms with Crippen LogP contribution < -0.4 is 9.54 Å². The average Bonchev–Trinajstić information content (AvgIpc) is 3.09. The molecule has 0 N–H and O–H groups in total. The number of aromatic nitrogens is 1. The van der Waals surface area contributed by atoms with E-state index in [0.29, 0.717) is 35.0 Å². The number of ether oxygens (including phenoxy) is 2. The van der Waals surface area contributed by atoms with Gasteiger partial charge in [0.2, 0.25) is 0 Å². The number of hydrogen-bond acceptors (Lipinski definition) is 4. The molecule has 30 heavy (non-hydrogen) atoms. The summed E-state index contributed by atoms with van der Waals surface area (Å²) in [5.74, 6) is 0.508. The van der Waals surface area contributed by atoms with Crippen molar-refractivity contribution < 1.29 is 18.7 Å². The summed E-state index contributed by atoms with van der Waals surface area (Å²) < 4.78 is 27.2. The maximum atomic E-state index is 13.6. The molecule has 5 nitrogen and oxygen atoms in total. The molecule has 0 aliphatic heterocycles. The number of carbonyl (C=O) groups excluding carboxylic acids is 1. The van der Waals surface area contributed by atoms with Crippen molar-refractivity contribution in [3.05, 3.63) is 89.0 Å². The molecule has 1 aromatic heterocycles. The van der Waals surface area contributed by atoms with Gasteiger partial charge in [-0.05, 0) is 48.5 Å². The molecule has 3 aromatic carbocycles. The van der Waals surface area contributed by atoms with E-state index >= 15 is 0 Å². The van der Waals surface area contributed by atoms with E-state index in [2.05, 4.69) is 4.99 Å². The predicted octanol–water partition coefficient (Wildman–Crippen LogP) is 5.02. The third-order valence-corrected chi connectivity index (χ3v) is 5.46. The molecule has 0 saturated heterocycles. The van der Waals surface area contributed by atoms with E-state index in [1.807, 2.05) is 34.9 Å². The van der Waals surface area contributed by atoms with E-state index in [4.69, 9.17) is 9.47 Å². The Balaban J connectivity index is 1.68. The van der Waals surface area contributed by atoms with Crippen molar-refractivity contribution in [2.75, 3.05) is 13.7 Å². The van der Waals surface area contributed by atoms with E-state index in [9.17, 15) is 9.18 Å². The summed E-state index contributed by atoms with van der Waals surface area (Å²) in [5, 5.41) is 0. The molecule has 0 saturated carbocycles. The fourth-order valence-electron chi connectivity index (χ4n) is 3.00. The van der Waals surface area contributed by atoms with E-state index in [0.717, 1.165) is 10.2 Å². The fourth-order valence-corrected chi connectivity index (χ4v) is 4.08. The van der Waals surface area contributed by atoms with Crippen LogP contribution in [0.15, 0.2) is 77.8 Å².